The van der Waals surface area contributed by atoms with Crippen LogP contribution >= 0.6 is 11.6 Å². The largest absolute Gasteiger partial charge is 0.493 e. The van der Waals surface area contributed by atoms with Crippen molar-refractivity contribution in [3.05, 3.63) is 53.1 Å². The lowest BCUT2D eigenvalue weighted by Crippen LogP contribution is -2.32. The minimum Gasteiger partial charge on any atom is -0.493 e. The highest BCUT2D eigenvalue weighted by molar-refractivity contribution is 6.34. The molecule has 0 bridgehead atoms. The van der Waals surface area contributed by atoms with Crippen molar-refractivity contribution >= 4 is 41.2 Å². The van der Waals surface area contributed by atoms with Crippen molar-refractivity contribution < 1.29 is 23.9 Å². The molecule has 0 aromatic heterocycles. The van der Waals surface area contributed by atoms with Gasteiger partial charge in [0.25, 0.3) is 5.91 Å². The molecule has 146 valence electrons. The van der Waals surface area contributed by atoms with E-state index >= 15 is 0 Å². The number of para-hydroxylation sites is 1. The summed E-state index contributed by atoms with van der Waals surface area (Å²) in [5, 5.41) is 6.66. The van der Waals surface area contributed by atoms with Crippen LogP contribution in [-0.4, -0.2) is 37.7 Å². The molecule has 0 saturated carbocycles. The van der Waals surface area contributed by atoms with E-state index in [1.165, 1.54) is 13.3 Å². The zero-order valence-corrected chi connectivity index (χ0v) is 15.5. The van der Waals surface area contributed by atoms with Crippen molar-refractivity contribution in [2.24, 2.45) is 10.8 Å². The summed E-state index contributed by atoms with van der Waals surface area (Å²) in [6.07, 6.45) is 1.29. The molecule has 2 rings (SSSR count). The third-order valence-electron chi connectivity index (χ3n) is 3.30. The van der Waals surface area contributed by atoms with Gasteiger partial charge < -0.3 is 20.5 Å². The fourth-order valence-corrected chi connectivity index (χ4v) is 2.18. The fraction of sp³-hybridized carbons (Fsp3) is 0.111. The summed E-state index contributed by atoms with van der Waals surface area (Å²) in [4.78, 5) is 33.7. The van der Waals surface area contributed by atoms with Crippen LogP contribution in [0.5, 0.6) is 11.5 Å². The number of benzene rings is 2. The Labute approximate surface area is 165 Å². The molecule has 0 radical (unpaired) electrons. The molecule has 4 N–H and O–H groups in total. The Balaban J connectivity index is 1.97. The van der Waals surface area contributed by atoms with Gasteiger partial charge in [-0.25, -0.2) is 5.43 Å². The summed E-state index contributed by atoms with van der Waals surface area (Å²) in [5.41, 5.74) is 7.80. The van der Waals surface area contributed by atoms with Crippen LogP contribution in [0.4, 0.5) is 5.69 Å². The van der Waals surface area contributed by atoms with Crippen molar-refractivity contribution in [2.75, 3.05) is 19.0 Å². The molecule has 0 aliphatic heterocycles. The Morgan fingerprint density at radius 2 is 1.93 bits per heavy atom. The highest BCUT2D eigenvalue weighted by Gasteiger charge is 2.10. The maximum atomic E-state index is 12.0. The minimum absolute atomic E-state index is 0.260. The zero-order valence-electron chi connectivity index (χ0n) is 14.8. The van der Waals surface area contributed by atoms with E-state index in [1.54, 1.807) is 42.5 Å². The second kappa shape index (κ2) is 9.93. The monoisotopic (exact) mass is 404 g/mol. The molecule has 0 heterocycles. The van der Waals surface area contributed by atoms with E-state index in [4.69, 9.17) is 26.8 Å². The molecule has 0 saturated heterocycles. The van der Waals surface area contributed by atoms with Gasteiger partial charge in [-0.15, -0.1) is 0 Å². The molecule has 0 atom stereocenters. The molecule has 0 aliphatic rings. The van der Waals surface area contributed by atoms with E-state index in [0.29, 0.717) is 27.8 Å². The van der Waals surface area contributed by atoms with Crippen LogP contribution in [-0.2, 0) is 14.4 Å². The van der Waals surface area contributed by atoms with Crippen molar-refractivity contribution in [1.29, 1.82) is 0 Å². The molecular formula is C18H17ClN4O5. The summed E-state index contributed by atoms with van der Waals surface area (Å²) < 4.78 is 10.7. The van der Waals surface area contributed by atoms with Gasteiger partial charge in [0.2, 0.25) is 0 Å². The lowest BCUT2D eigenvalue weighted by atomic mass is 10.2. The summed E-state index contributed by atoms with van der Waals surface area (Å²) >= 11 is 5.99. The number of halogens is 1. The number of nitrogens with two attached hydrogens (primary N) is 1. The molecule has 2 aromatic carbocycles. The molecule has 3 amide bonds. The number of nitrogens with one attached hydrogen (secondary N) is 2. The van der Waals surface area contributed by atoms with Gasteiger partial charge in [-0.05, 0) is 35.9 Å². The zero-order chi connectivity index (χ0) is 20.5. The molecule has 0 spiro atoms. The Kier molecular flexibility index (Phi) is 7.35. The van der Waals surface area contributed by atoms with Crippen LogP contribution in [0.2, 0.25) is 5.02 Å². The average Bonchev–Trinajstić information content (AvgIpc) is 2.68. The smallest absolute Gasteiger partial charge is 0.329 e. The van der Waals surface area contributed by atoms with Gasteiger partial charge in [0.05, 0.1) is 24.0 Å². The lowest BCUT2D eigenvalue weighted by molar-refractivity contribution is -0.137. The van der Waals surface area contributed by atoms with Crippen molar-refractivity contribution in [1.82, 2.24) is 5.43 Å². The maximum absolute atomic E-state index is 12.0. The highest BCUT2D eigenvalue weighted by Crippen LogP contribution is 2.27. The second-order valence-corrected chi connectivity index (χ2v) is 5.70. The molecule has 2 aromatic rings. The molecule has 0 fully saturated rings. The van der Waals surface area contributed by atoms with E-state index in [1.807, 2.05) is 5.43 Å². The first-order valence-electron chi connectivity index (χ1n) is 7.88. The highest BCUT2D eigenvalue weighted by atomic mass is 35.5. The van der Waals surface area contributed by atoms with Crippen molar-refractivity contribution in [2.45, 2.75) is 0 Å². The Hall–Kier alpha value is -3.59. The normalized spacial score (nSPS) is 10.4. The first-order chi connectivity index (χ1) is 13.4. The summed E-state index contributed by atoms with van der Waals surface area (Å²) in [5.74, 6) is -1.90. The van der Waals surface area contributed by atoms with E-state index in [2.05, 4.69) is 10.4 Å². The Morgan fingerprint density at radius 3 is 2.61 bits per heavy atom. The Morgan fingerprint density at radius 1 is 1.18 bits per heavy atom. The number of nitrogens with zero attached hydrogens (tertiary/aromatic N) is 1. The van der Waals surface area contributed by atoms with Gasteiger partial charge in [-0.1, -0.05) is 23.7 Å². The fourth-order valence-electron chi connectivity index (χ4n) is 2.00. The van der Waals surface area contributed by atoms with Gasteiger partial charge >= 0.3 is 11.8 Å². The number of hydrazone groups is 1. The van der Waals surface area contributed by atoms with E-state index in [-0.39, 0.29) is 6.61 Å². The van der Waals surface area contributed by atoms with Crippen LogP contribution in [0.25, 0.3) is 0 Å². The van der Waals surface area contributed by atoms with Crippen LogP contribution in [0, 0.1) is 0 Å². The number of hydrogen-bond acceptors (Lipinski definition) is 6. The third-order valence-corrected chi connectivity index (χ3v) is 3.63. The molecule has 28 heavy (non-hydrogen) atoms. The van der Waals surface area contributed by atoms with Crippen LogP contribution in [0.15, 0.2) is 47.6 Å². The molecule has 10 heteroatoms. The number of ether oxygens (including phenoxy) is 2. The summed E-state index contributed by atoms with van der Waals surface area (Å²) in [6, 6.07) is 11.6. The predicted molar refractivity (Wildman–Crippen MR) is 104 cm³/mol. The molecular weight excluding hydrogens is 388 g/mol. The first kappa shape index (κ1) is 20.7. The number of rotatable bonds is 7. The first-order valence-corrected chi connectivity index (χ1v) is 8.26. The summed E-state index contributed by atoms with van der Waals surface area (Å²) in [7, 11) is 1.43. The van der Waals surface area contributed by atoms with Gasteiger partial charge in [0.1, 0.15) is 0 Å². The van der Waals surface area contributed by atoms with Crippen LogP contribution in [0.1, 0.15) is 5.56 Å². The quantitative estimate of drug-likeness (QED) is 0.363. The minimum atomic E-state index is -1.14. The van der Waals surface area contributed by atoms with Crippen molar-refractivity contribution in [3.8, 4) is 11.5 Å². The maximum Gasteiger partial charge on any atom is 0.329 e. The van der Waals surface area contributed by atoms with Gasteiger partial charge in [0.15, 0.2) is 18.1 Å². The summed E-state index contributed by atoms with van der Waals surface area (Å²) in [6.45, 7) is -0.260. The van der Waals surface area contributed by atoms with E-state index in [9.17, 15) is 14.4 Å². The van der Waals surface area contributed by atoms with Crippen LogP contribution in [0.3, 0.4) is 0 Å². The van der Waals surface area contributed by atoms with Gasteiger partial charge in [-0.3, -0.25) is 14.4 Å². The number of anilines is 1. The number of carbonyl (C=O) groups is 3. The second-order valence-electron chi connectivity index (χ2n) is 5.29. The Bertz CT molecular complexity index is 917. The van der Waals surface area contributed by atoms with Gasteiger partial charge in [0, 0.05) is 0 Å². The molecule has 0 aliphatic carbocycles. The standard InChI is InChI=1S/C18H17ClN4O5/c1-27-15-8-11(9-21-23-18(26)17(20)25)6-7-14(15)28-10-16(24)22-13-5-3-2-4-12(13)19/h2-9H,10H2,1H3,(H2,20,25)(H,22,24)(H,23,26)/b21-9+. The average molecular weight is 405 g/mol. The number of carbonyl (C=O) groups excluding carboxylic acids is 3. The topological polar surface area (TPSA) is 132 Å². The predicted octanol–water partition coefficient (Wildman–Crippen LogP) is 1.30. The number of amides is 3. The SMILES string of the molecule is COc1cc(/C=N/NC(=O)C(N)=O)ccc1OCC(=O)Nc1ccccc1Cl. The van der Waals surface area contributed by atoms with E-state index < -0.39 is 17.7 Å². The van der Waals surface area contributed by atoms with Crippen LogP contribution < -0.4 is 25.9 Å². The lowest BCUT2D eigenvalue weighted by Gasteiger charge is -2.12. The van der Waals surface area contributed by atoms with E-state index in [0.717, 1.165) is 0 Å². The molecule has 0 unspecified atom stereocenters. The number of primary amides is 1. The van der Waals surface area contributed by atoms with Crippen molar-refractivity contribution in [3.63, 3.8) is 0 Å². The number of methoxy groups -OCH3 is 1. The number of hydrogen-bond donors (Lipinski definition) is 3. The third kappa shape index (κ3) is 5.99. The van der Waals surface area contributed by atoms with Gasteiger partial charge in [-0.2, -0.15) is 5.10 Å². The molecule has 9 nitrogen and oxygen atoms in total.